The van der Waals surface area contributed by atoms with Crippen LogP contribution in [0.5, 0.6) is 17.2 Å². The summed E-state index contributed by atoms with van der Waals surface area (Å²) in [5.41, 5.74) is 0.592. The highest BCUT2D eigenvalue weighted by Crippen LogP contribution is 2.42. The first-order valence-electron chi connectivity index (χ1n) is 12.0. The number of amides is 1. The molecule has 0 bridgehead atoms. The average Bonchev–Trinajstić information content (AvgIpc) is 3.12. The summed E-state index contributed by atoms with van der Waals surface area (Å²) < 4.78 is 16.4. The number of rotatable bonds is 8. The van der Waals surface area contributed by atoms with E-state index in [9.17, 15) is 19.8 Å². The Morgan fingerprint density at radius 3 is 2.50 bits per heavy atom. The number of phenolic OH excluding ortho intramolecular Hbond substituents is 1. The number of hydrogen-bond acceptors (Lipinski definition) is 8. The molecule has 2 aliphatic heterocycles. The van der Waals surface area contributed by atoms with E-state index in [2.05, 4.69) is 4.90 Å². The number of carbonyl (C=O) groups is 2. The van der Waals surface area contributed by atoms with Gasteiger partial charge in [0, 0.05) is 32.2 Å². The Balaban J connectivity index is 1.77. The topological polar surface area (TPSA) is 109 Å². The van der Waals surface area contributed by atoms with E-state index in [1.165, 1.54) is 24.1 Å². The van der Waals surface area contributed by atoms with Gasteiger partial charge in [-0.15, -0.1) is 0 Å². The zero-order valence-electron chi connectivity index (χ0n) is 20.8. The van der Waals surface area contributed by atoms with E-state index in [1.54, 1.807) is 30.3 Å². The highest BCUT2D eigenvalue weighted by molar-refractivity contribution is 6.46. The minimum absolute atomic E-state index is 0.0431. The van der Waals surface area contributed by atoms with Crippen LogP contribution in [-0.2, 0) is 14.3 Å². The van der Waals surface area contributed by atoms with E-state index in [-0.39, 0.29) is 29.5 Å². The van der Waals surface area contributed by atoms with Crippen molar-refractivity contribution in [2.24, 2.45) is 0 Å². The van der Waals surface area contributed by atoms with Crippen LogP contribution in [0.15, 0.2) is 48.0 Å². The Bertz CT molecular complexity index is 1150. The fraction of sp³-hybridized carbons (Fsp3) is 0.407. The maximum Gasteiger partial charge on any atom is 0.295 e. The van der Waals surface area contributed by atoms with Crippen LogP contribution < -0.4 is 9.47 Å². The van der Waals surface area contributed by atoms with Crippen molar-refractivity contribution < 1.29 is 34.0 Å². The number of carbonyl (C=O) groups excluding carboxylic acids is 2. The van der Waals surface area contributed by atoms with Gasteiger partial charge in [0.1, 0.15) is 23.0 Å². The number of morpholine rings is 1. The molecular formula is C27H32N2O7. The first-order valence-corrected chi connectivity index (χ1v) is 12.0. The molecule has 1 amide bonds. The molecule has 0 saturated carbocycles. The van der Waals surface area contributed by atoms with Gasteiger partial charge in [-0.1, -0.05) is 12.1 Å². The van der Waals surface area contributed by atoms with Gasteiger partial charge < -0.3 is 29.3 Å². The smallest absolute Gasteiger partial charge is 0.295 e. The fourth-order valence-corrected chi connectivity index (χ4v) is 4.54. The van der Waals surface area contributed by atoms with Crippen molar-refractivity contribution in [3.8, 4) is 17.2 Å². The van der Waals surface area contributed by atoms with Crippen molar-refractivity contribution in [3.63, 3.8) is 0 Å². The molecule has 2 N–H and O–H groups in total. The number of Topliss-reactive ketones (excluding diaryl/α,β-unsaturated/α-hetero) is 1. The van der Waals surface area contributed by atoms with Crippen molar-refractivity contribution in [2.45, 2.75) is 26.0 Å². The predicted octanol–water partition coefficient (Wildman–Crippen LogP) is 2.94. The Morgan fingerprint density at radius 1 is 1.08 bits per heavy atom. The van der Waals surface area contributed by atoms with Gasteiger partial charge in [0.25, 0.3) is 11.7 Å². The largest absolute Gasteiger partial charge is 0.507 e. The van der Waals surface area contributed by atoms with E-state index >= 15 is 0 Å². The molecule has 36 heavy (non-hydrogen) atoms. The molecule has 0 spiro atoms. The number of benzene rings is 2. The zero-order valence-corrected chi connectivity index (χ0v) is 20.8. The Kier molecular flexibility index (Phi) is 7.81. The van der Waals surface area contributed by atoms with Crippen molar-refractivity contribution in [1.82, 2.24) is 9.80 Å². The van der Waals surface area contributed by atoms with Crippen LogP contribution in [0.4, 0.5) is 0 Å². The molecule has 9 heteroatoms. The number of methoxy groups -OCH3 is 1. The number of ketones is 1. The predicted molar refractivity (Wildman–Crippen MR) is 133 cm³/mol. The molecule has 192 valence electrons. The van der Waals surface area contributed by atoms with Gasteiger partial charge in [0.2, 0.25) is 0 Å². The van der Waals surface area contributed by atoms with Crippen molar-refractivity contribution in [1.29, 1.82) is 0 Å². The molecule has 0 unspecified atom stereocenters. The van der Waals surface area contributed by atoms with E-state index < -0.39 is 23.5 Å². The van der Waals surface area contributed by atoms with E-state index in [0.29, 0.717) is 36.8 Å². The molecular weight excluding hydrogens is 464 g/mol. The van der Waals surface area contributed by atoms with Gasteiger partial charge in [0.05, 0.1) is 43.6 Å². The molecule has 0 aliphatic carbocycles. The molecule has 2 fully saturated rings. The third-order valence-corrected chi connectivity index (χ3v) is 6.31. The summed E-state index contributed by atoms with van der Waals surface area (Å²) >= 11 is 0. The van der Waals surface area contributed by atoms with Crippen molar-refractivity contribution in [3.05, 3.63) is 59.2 Å². The summed E-state index contributed by atoms with van der Waals surface area (Å²) in [5.74, 6) is -1.22. The van der Waals surface area contributed by atoms with Gasteiger partial charge in [-0.25, -0.2) is 0 Å². The maximum absolute atomic E-state index is 13.3. The Morgan fingerprint density at radius 2 is 1.83 bits per heavy atom. The summed E-state index contributed by atoms with van der Waals surface area (Å²) in [7, 11) is 1.46. The molecule has 1 atom stereocenters. The second-order valence-corrected chi connectivity index (χ2v) is 9.07. The highest BCUT2D eigenvalue weighted by Gasteiger charge is 2.46. The Labute approximate surface area is 210 Å². The number of phenols is 1. The molecule has 2 saturated heterocycles. The molecule has 2 heterocycles. The van der Waals surface area contributed by atoms with E-state index in [1.807, 2.05) is 13.8 Å². The van der Waals surface area contributed by atoms with Crippen LogP contribution in [0.25, 0.3) is 5.76 Å². The number of likely N-dealkylation sites (tertiary alicyclic amines) is 1. The molecule has 2 aliphatic rings. The van der Waals surface area contributed by atoms with Gasteiger partial charge in [-0.05, 0) is 43.7 Å². The van der Waals surface area contributed by atoms with Crippen LogP contribution in [0.3, 0.4) is 0 Å². The minimum Gasteiger partial charge on any atom is -0.507 e. The lowest BCUT2D eigenvalue weighted by Crippen LogP contribution is -2.42. The number of aromatic hydroxyl groups is 1. The third kappa shape index (κ3) is 5.32. The summed E-state index contributed by atoms with van der Waals surface area (Å²) in [6.07, 6.45) is -0.0656. The summed E-state index contributed by atoms with van der Waals surface area (Å²) in [6.45, 7) is 7.39. The van der Waals surface area contributed by atoms with Gasteiger partial charge in [-0.3, -0.25) is 14.5 Å². The van der Waals surface area contributed by atoms with Crippen molar-refractivity contribution >= 4 is 17.4 Å². The van der Waals surface area contributed by atoms with Crippen LogP contribution in [0, 0.1) is 0 Å². The lowest BCUT2D eigenvalue weighted by molar-refractivity contribution is -0.140. The average molecular weight is 497 g/mol. The van der Waals surface area contributed by atoms with Crippen LogP contribution >= 0.6 is 0 Å². The molecule has 9 nitrogen and oxygen atoms in total. The number of ether oxygens (including phenoxy) is 3. The Hall–Kier alpha value is -3.56. The molecule has 2 aromatic carbocycles. The summed E-state index contributed by atoms with van der Waals surface area (Å²) in [5, 5.41) is 21.8. The van der Waals surface area contributed by atoms with Gasteiger partial charge >= 0.3 is 0 Å². The highest BCUT2D eigenvalue weighted by atomic mass is 16.5. The maximum atomic E-state index is 13.3. The number of aliphatic hydroxyl groups is 1. The summed E-state index contributed by atoms with van der Waals surface area (Å²) in [4.78, 5) is 30.2. The number of hydrogen-bond donors (Lipinski definition) is 2. The second-order valence-electron chi connectivity index (χ2n) is 9.07. The first-order chi connectivity index (χ1) is 17.3. The van der Waals surface area contributed by atoms with Crippen LogP contribution in [-0.4, -0.2) is 84.3 Å². The second kappa shape index (κ2) is 11.0. The third-order valence-electron chi connectivity index (χ3n) is 6.31. The quantitative estimate of drug-likeness (QED) is 0.326. The molecule has 0 radical (unpaired) electrons. The van der Waals surface area contributed by atoms with Crippen LogP contribution in [0.2, 0.25) is 0 Å². The SMILES string of the molecule is COc1ccc(C(O)=C2C(=O)C(=O)N(CCN3CCOCC3)[C@@H]2c2cccc(OC(C)C)c2)c(O)c1. The first kappa shape index (κ1) is 25.5. The monoisotopic (exact) mass is 496 g/mol. The van der Waals surface area contributed by atoms with E-state index in [4.69, 9.17) is 14.2 Å². The number of nitrogens with zero attached hydrogens (tertiary/aromatic N) is 2. The zero-order chi connectivity index (χ0) is 25.8. The molecule has 0 aromatic heterocycles. The van der Waals surface area contributed by atoms with Crippen LogP contribution in [0.1, 0.15) is 31.0 Å². The van der Waals surface area contributed by atoms with E-state index in [0.717, 1.165) is 13.1 Å². The molecule has 2 aromatic rings. The normalized spacial score (nSPS) is 20.2. The minimum atomic E-state index is -0.844. The number of aliphatic hydroxyl groups excluding tert-OH is 1. The lowest BCUT2D eigenvalue weighted by Gasteiger charge is -2.31. The fourth-order valence-electron chi connectivity index (χ4n) is 4.54. The standard InChI is InChI=1S/C27H32N2O7/c1-17(2)36-20-6-4-5-18(15-20)24-23(25(31)21-8-7-19(34-3)16-22(21)30)26(32)27(33)29(24)10-9-28-11-13-35-14-12-28/h4-8,15-17,24,30-31H,9-14H2,1-3H3/t24-/m1/s1. The van der Waals surface area contributed by atoms with Gasteiger partial charge in [-0.2, -0.15) is 0 Å². The van der Waals surface area contributed by atoms with Crippen molar-refractivity contribution in [2.75, 3.05) is 46.5 Å². The summed E-state index contributed by atoms with van der Waals surface area (Å²) in [6, 6.07) is 10.7. The van der Waals surface area contributed by atoms with Gasteiger partial charge in [0.15, 0.2) is 0 Å². The lowest BCUT2D eigenvalue weighted by atomic mass is 9.94. The molecule has 4 rings (SSSR count).